The summed E-state index contributed by atoms with van der Waals surface area (Å²) in [7, 11) is 1.60. The van der Waals surface area contributed by atoms with Crippen molar-refractivity contribution in [2.24, 2.45) is 0 Å². The van der Waals surface area contributed by atoms with Gasteiger partial charge >= 0.3 is 0 Å². The van der Waals surface area contributed by atoms with Crippen LogP contribution in [0.4, 0.5) is 5.69 Å². The number of benzene rings is 2. The predicted molar refractivity (Wildman–Crippen MR) is 71.6 cm³/mol. The lowest BCUT2D eigenvalue weighted by atomic mass is 10.2. The first-order chi connectivity index (χ1) is 8.20. The number of methoxy groups -OCH3 is 1. The Hall–Kier alpha value is -1.68. The molecule has 0 bridgehead atoms. The molecule has 17 heavy (non-hydrogen) atoms. The molecule has 4 heteroatoms. The number of para-hydroxylation sites is 1. The summed E-state index contributed by atoms with van der Waals surface area (Å²) in [4.78, 5) is 0. The number of hydrogen-bond donors (Lipinski definition) is 1. The van der Waals surface area contributed by atoms with Crippen LogP contribution in [0.2, 0.25) is 0 Å². The Labute approximate surface area is 108 Å². The van der Waals surface area contributed by atoms with Crippen LogP contribution in [0.3, 0.4) is 0 Å². The smallest absolute Gasteiger partial charge is 0.154 e. The first-order valence-electron chi connectivity index (χ1n) is 5.06. The van der Waals surface area contributed by atoms with Gasteiger partial charge in [-0.25, -0.2) is 0 Å². The molecule has 0 fully saturated rings. The molecule has 2 rings (SSSR count). The molecule has 0 aromatic heterocycles. The minimum atomic E-state index is 0.571. The monoisotopic (exact) mass is 293 g/mol. The number of halogens is 1. The van der Waals surface area contributed by atoms with Gasteiger partial charge in [0.2, 0.25) is 0 Å². The maximum atomic E-state index is 5.85. The molecule has 0 radical (unpaired) electrons. The quantitative estimate of drug-likeness (QED) is 0.875. The van der Waals surface area contributed by atoms with Crippen LogP contribution < -0.4 is 15.2 Å². The number of nitrogen functional groups attached to an aromatic ring is 1. The maximum absolute atomic E-state index is 5.85. The molecule has 2 aromatic rings. The average Bonchev–Trinajstić information content (AvgIpc) is 2.35. The summed E-state index contributed by atoms with van der Waals surface area (Å²) in [5, 5.41) is 0. The summed E-state index contributed by atoms with van der Waals surface area (Å²) in [6, 6.07) is 12.9. The van der Waals surface area contributed by atoms with Crippen LogP contribution in [0.1, 0.15) is 0 Å². The molecule has 88 valence electrons. The Bertz CT molecular complexity index is 529. The van der Waals surface area contributed by atoms with E-state index >= 15 is 0 Å². The second kappa shape index (κ2) is 5.10. The third-order valence-electron chi connectivity index (χ3n) is 2.28. The summed E-state index contributed by atoms with van der Waals surface area (Å²) in [6.07, 6.45) is 0. The van der Waals surface area contributed by atoms with Crippen molar-refractivity contribution in [2.75, 3.05) is 12.8 Å². The van der Waals surface area contributed by atoms with E-state index in [1.807, 2.05) is 24.3 Å². The fraction of sp³-hybridized carbons (Fsp3) is 0.0769. The third kappa shape index (κ3) is 2.71. The van der Waals surface area contributed by atoms with E-state index in [9.17, 15) is 0 Å². The molecule has 0 aliphatic heterocycles. The fourth-order valence-electron chi connectivity index (χ4n) is 1.38. The lowest BCUT2D eigenvalue weighted by Crippen LogP contribution is -1.93. The zero-order valence-corrected chi connectivity index (χ0v) is 10.9. The highest BCUT2D eigenvalue weighted by Gasteiger charge is 2.06. The first-order valence-corrected chi connectivity index (χ1v) is 5.86. The Morgan fingerprint density at radius 2 is 1.82 bits per heavy atom. The zero-order valence-electron chi connectivity index (χ0n) is 9.31. The lowest BCUT2D eigenvalue weighted by Gasteiger charge is -2.11. The van der Waals surface area contributed by atoms with E-state index in [1.54, 1.807) is 25.3 Å². The van der Waals surface area contributed by atoms with Gasteiger partial charge in [0, 0.05) is 6.07 Å². The van der Waals surface area contributed by atoms with E-state index in [-0.39, 0.29) is 0 Å². The summed E-state index contributed by atoms with van der Waals surface area (Å²) in [5.41, 5.74) is 6.42. The number of ether oxygens (including phenoxy) is 2. The number of rotatable bonds is 3. The molecular formula is C13H12BrNO2. The Balaban J connectivity index is 2.32. The van der Waals surface area contributed by atoms with E-state index in [0.717, 1.165) is 4.47 Å². The van der Waals surface area contributed by atoms with Gasteiger partial charge in [0.1, 0.15) is 11.5 Å². The fourth-order valence-corrected chi connectivity index (χ4v) is 1.74. The molecule has 3 nitrogen and oxygen atoms in total. The zero-order chi connectivity index (χ0) is 12.3. The van der Waals surface area contributed by atoms with Crippen molar-refractivity contribution in [2.45, 2.75) is 0 Å². The largest absolute Gasteiger partial charge is 0.497 e. The molecule has 0 unspecified atom stereocenters. The molecule has 0 heterocycles. The first kappa shape index (κ1) is 11.8. The van der Waals surface area contributed by atoms with E-state index in [1.165, 1.54) is 0 Å². The number of hydrogen-bond acceptors (Lipinski definition) is 3. The molecule has 2 aromatic carbocycles. The van der Waals surface area contributed by atoms with E-state index in [4.69, 9.17) is 15.2 Å². The van der Waals surface area contributed by atoms with Crippen LogP contribution in [-0.2, 0) is 0 Å². The Morgan fingerprint density at radius 3 is 2.53 bits per heavy atom. The van der Waals surface area contributed by atoms with Gasteiger partial charge in [-0.3, -0.25) is 0 Å². The van der Waals surface area contributed by atoms with Crippen LogP contribution >= 0.6 is 15.9 Å². The highest BCUT2D eigenvalue weighted by molar-refractivity contribution is 9.10. The number of nitrogens with two attached hydrogens (primary N) is 1. The molecule has 0 amide bonds. The second-order valence-corrected chi connectivity index (χ2v) is 4.29. The summed E-state index contributed by atoms with van der Waals surface area (Å²) in [5.74, 6) is 2.00. The molecule has 0 saturated heterocycles. The van der Waals surface area contributed by atoms with E-state index < -0.39 is 0 Å². The van der Waals surface area contributed by atoms with Gasteiger partial charge in [-0.2, -0.15) is 0 Å². The van der Waals surface area contributed by atoms with Crippen molar-refractivity contribution in [3.05, 3.63) is 46.9 Å². The van der Waals surface area contributed by atoms with Gasteiger partial charge in [-0.15, -0.1) is 0 Å². The van der Waals surface area contributed by atoms with Crippen LogP contribution in [0.5, 0.6) is 17.2 Å². The lowest BCUT2D eigenvalue weighted by molar-refractivity contribution is 0.409. The molecule has 0 spiro atoms. The van der Waals surface area contributed by atoms with Gasteiger partial charge in [0.05, 0.1) is 17.3 Å². The standard InChI is InChI=1S/C13H12BrNO2/c1-16-9-6-7-11(15)13(8-9)17-12-5-3-2-4-10(12)14/h2-8H,15H2,1H3. The van der Waals surface area contributed by atoms with Gasteiger partial charge in [0.25, 0.3) is 0 Å². The molecule has 0 aliphatic carbocycles. The summed E-state index contributed by atoms with van der Waals surface area (Å²) in [6.45, 7) is 0. The molecular weight excluding hydrogens is 282 g/mol. The van der Waals surface area contributed by atoms with Crippen molar-refractivity contribution >= 4 is 21.6 Å². The van der Waals surface area contributed by atoms with Crippen molar-refractivity contribution in [1.29, 1.82) is 0 Å². The highest BCUT2D eigenvalue weighted by Crippen LogP contribution is 2.34. The van der Waals surface area contributed by atoms with Gasteiger partial charge in [-0.05, 0) is 40.2 Å². The topological polar surface area (TPSA) is 44.5 Å². The van der Waals surface area contributed by atoms with E-state index in [2.05, 4.69) is 15.9 Å². The van der Waals surface area contributed by atoms with Gasteiger partial charge in [-0.1, -0.05) is 12.1 Å². The minimum Gasteiger partial charge on any atom is -0.497 e. The van der Waals surface area contributed by atoms with Crippen LogP contribution in [-0.4, -0.2) is 7.11 Å². The van der Waals surface area contributed by atoms with Crippen molar-refractivity contribution in [3.63, 3.8) is 0 Å². The predicted octanol–water partition coefficient (Wildman–Crippen LogP) is 3.83. The minimum absolute atomic E-state index is 0.571. The molecule has 0 saturated carbocycles. The Kier molecular flexibility index (Phi) is 3.54. The average molecular weight is 294 g/mol. The third-order valence-corrected chi connectivity index (χ3v) is 2.93. The molecule has 0 aliphatic rings. The van der Waals surface area contributed by atoms with Crippen molar-refractivity contribution < 1.29 is 9.47 Å². The van der Waals surface area contributed by atoms with Gasteiger partial charge < -0.3 is 15.2 Å². The van der Waals surface area contributed by atoms with Crippen LogP contribution in [0.15, 0.2) is 46.9 Å². The molecule has 0 atom stereocenters. The highest BCUT2D eigenvalue weighted by atomic mass is 79.9. The van der Waals surface area contributed by atoms with Gasteiger partial charge in [0.15, 0.2) is 5.75 Å². The van der Waals surface area contributed by atoms with Crippen molar-refractivity contribution in [1.82, 2.24) is 0 Å². The maximum Gasteiger partial charge on any atom is 0.154 e. The van der Waals surface area contributed by atoms with Crippen molar-refractivity contribution in [3.8, 4) is 17.2 Å². The van der Waals surface area contributed by atoms with Crippen LogP contribution in [0, 0.1) is 0 Å². The summed E-state index contributed by atoms with van der Waals surface area (Å²) < 4.78 is 11.7. The van der Waals surface area contributed by atoms with E-state index in [0.29, 0.717) is 22.9 Å². The SMILES string of the molecule is COc1ccc(N)c(Oc2ccccc2Br)c1. The summed E-state index contributed by atoms with van der Waals surface area (Å²) >= 11 is 3.42. The second-order valence-electron chi connectivity index (χ2n) is 3.44. The van der Waals surface area contributed by atoms with Crippen LogP contribution in [0.25, 0.3) is 0 Å². The number of anilines is 1. The Morgan fingerprint density at radius 1 is 1.06 bits per heavy atom. The normalized spacial score (nSPS) is 10.0. The molecule has 2 N–H and O–H groups in total.